The van der Waals surface area contributed by atoms with Gasteiger partial charge in [0.2, 0.25) is 0 Å². The fraction of sp³-hybridized carbons (Fsp3) is 0.0625. The minimum atomic E-state index is 1.18. The van der Waals surface area contributed by atoms with Gasteiger partial charge in [0, 0.05) is 65.8 Å². The van der Waals surface area contributed by atoms with Gasteiger partial charge < -0.3 is 18.3 Å². The normalized spacial score (nSPS) is 11.5. The van der Waals surface area contributed by atoms with Gasteiger partial charge in [-0.2, -0.15) is 0 Å². The Morgan fingerprint density at radius 2 is 0.515 bits per heavy atom. The highest BCUT2D eigenvalue weighted by molar-refractivity contribution is 6.27. The minimum Gasteiger partial charge on any atom is -0.309 e. The molecular weight excluding hydrogens is 825 g/mol. The second-order valence-electron chi connectivity index (χ2n) is 17.5. The quantitative estimate of drug-likeness (QED) is 0.168. The van der Waals surface area contributed by atoms with Gasteiger partial charge >= 0.3 is 0 Å². The molecule has 0 spiro atoms. The summed E-state index contributed by atoms with van der Waals surface area (Å²) >= 11 is 0. The average Bonchev–Trinajstić information content (AvgIpc) is 4.13. The Bertz CT molecular complexity index is 3870. The molecule has 0 bridgehead atoms. The fourth-order valence-electron chi connectivity index (χ4n) is 10.7. The molecule has 68 heavy (non-hydrogen) atoms. The molecule has 0 radical (unpaired) electrons. The lowest BCUT2D eigenvalue weighted by Gasteiger charge is -2.10. The Labute approximate surface area is 395 Å². The Morgan fingerprint density at radius 1 is 0.221 bits per heavy atom. The molecule has 0 saturated heterocycles. The number of hydrogen-bond acceptors (Lipinski definition) is 0. The highest BCUT2D eigenvalue weighted by Crippen LogP contribution is 2.44. The van der Waals surface area contributed by atoms with Gasteiger partial charge in [-0.25, -0.2) is 0 Å². The SMILES string of the molecule is CC.Cc1ccc(-n2c3ccccc3c3c2ccc2c4ccccc4n(-c4ccccc4)c23)cc1.Cc1ccc(-n2c3ccccc3c3c2ccc2c4ccccc4n(-c4ccccc4)c23)cc1. The summed E-state index contributed by atoms with van der Waals surface area (Å²) in [5, 5.41) is 10.3. The van der Waals surface area contributed by atoms with Gasteiger partial charge in [0.1, 0.15) is 0 Å². The first kappa shape index (κ1) is 40.9. The largest absolute Gasteiger partial charge is 0.309 e. The molecular formula is C64H50N4. The van der Waals surface area contributed by atoms with Crippen LogP contribution in [0.15, 0.2) is 231 Å². The molecule has 14 aromatic rings. The first-order valence-electron chi connectivity index (χ1n) is 23.8. The second kappa shape index (κ2) is 16.7. The number of para-hydroxylation sites is 6. The molecule has 4 nitrogen and oxygen atoms in total. The lowest BCUT2D eigenvalue weighted by Crippen LogP contribution is -1.95. The van der Waals surface area contributed by atoms with E-state index in [-0.39, 0.29) is 0 Å². The molecule has 4 heteroatoms. The maximum absolute atomic E-state index is 2.43. The minimum absolute atomic E-state index is 1.18. The predicted molar refractivity (Wildman–Crippen MR) is 291 cm³/mol. The average molecular weight is 875 g/mol. The summed E-state index contributed by atoms with van der Waals surface area (Å²) in [5.74, 6) is 0. The zero-order chi connectivity index (χ0) is 45.9. The summed E-state index contributed by atoms with van der Waals surface area (Å²) in [6, 6.07) is 83.3. The van der Waals surface area contributed by atoms with E-state index in [0.29, 0.717) is 0 Å². The highest BCUT2D eigenvalue weighted by atomic mass is 15.0. The van der Waals surface area contributed by atoms with Crippen molar-refractivity contribution in [3.63, 3.8) is 0 Å². The van der Waals surface area contributed by atoms with Crippen molar-refractivity contribution >= 4 is 87.2 Å². The third-order valence-electron chi connectivity index (χ3n) is 13.6. The molecule has 14 rings (SSSR count). The molecule has 0 unspecified atom stereocenters. The van der Waals surface area contributed by atoms with Crippen LogP contribution < -0.4 is 0 Å². The Morgan fingerprint density at radius 3 is 0.882 bits per heavy atom. The van der Waals surface area contributed by atoms with E-state index in [1.807, 2.05) is 13.8 Å². The summed E-state index contributed by atoms with van der Waals surface area (Å²) < 4.78 is 9.66. The van der Waals surface area contributed by atoms with Gasteiger partial charge in [-0.15, -0.1) is 0 Å². The van der Waals surface area contributed by atoms with E-state index in [9.17, 15) is 0 Å². The molecule has 0 aliphatic heterocycles. The first-order valence-corrected chi connectivity index (χ1v) is 23.8. The van der Waals surface area contributed by atoms with Crippen LogP contribution in [0.5, 0.6) is 0 Å². The predicted octanol–water partition coefficient (Wildman–Crippen LogP) is 17.4. The van der Waals surface area contributed by atoms with Crippen LogP contribution in [0, 0.1) is 13.8 Å². The topological polar surface area (TPSA) is 19.7 Å². The van der Waals surface area contributed by atoms with Crippen LogP contribution in [0.25, 0.3) is 110 Å². The van der Waals surface area contributed by atoms with Gasteiger partial charge in [0.15, 0.2) is 0 Å². The summed E-state index contributed by atoms with van der Waals surface area (Å²) in [6.45, 7) is 8.27. The van der Waals surface area contributed by atoms with Crippen molar-refractivity contribution in [1.82, 2.24) is 18.3 Å². The summed E-state index contributed by atoms with van der Waals surface area (Å²) in [6.07, 6.45) is 0. The zero-order valence-electron chi connectivity index (χ0n) is 38.7. The number of benzene rings is 10. The molecule has 0 saturated carbocycles. The van der Waals surface area contributed by atoms with E-state index in [1.165, 1.54) is 121 Å². The van der Waals surface area contributed by atoms with Crippen LogP contribution in [0.2, 0.25) is 0 Å². The molecule has 0 aliphatic carbocycles. The van der Waals surface area contributed by atoms with Crippen LogP contribution in [-0.4, -0.2) is 18.3 Å². The third kappa shape index (κ3) is 6.36. The van der Waals surface area contributed by atoms with Crippen molar-refractivity contribution < 1.29 is 0 Å². The van der Waals surface area contributed by atoms with Gasteiger partial charge in [-0.05, 0) is 98.8 Å². The lowest BCUT2D eigenvalue weighted by molar-refractivity contribution is 1.17. The molecule has 326 valence electrons. The van der Waals surface area contributed by atoms with E-state index >= 15 is 0 Å². The first-order chi connectivity index (χ1) is 33.6. The number of aromatic nitrogens is 4. The third-order valence-corrected chi connectivity index (χ3v) is 13.6. The number of rotatable bonds is 4. The molecule has 0 fully saturated rings. The van der Waals surface area contributed by atoms with Gasteiger partial charge in [-0.1, -0.05) is 171 Å². The van der Waals surface area contributed by atoms with E-state index in [0.717, 1.165) is 0 Å². The van der Waals surface area contributed by atoms with Crippen molar-refractivity contribution in [1.29, 1.82) is 0 Å². The fourth-order valence-corrected chi connectivity index (χ4v) is 10.7. The molecule has 0 aliphatic rings. The van der Waals surface area contributed by atoms with Crippen LogP contribution in [0.1, 0.15) is 25.0 Å². The summed E-state index contributed by atoms with van der Waals surface area (Å²) in [5.41, 5.74) is 17.2. The monoisotopic (exact) mass is 874 g/mol. The number of hydrogen-bond donors (Lipinski definition) is 0. The van der Waals surface area contributed by atoms with E-state index in [1.54, 1.807) is 0 Å². The van der Waals surface area contributed by atoms with Gasteiger partial charge in [0.25, 0.3) is 0 Å². The van der Waals surface area contributed by atoms with Crippen molar-refractivity contribution in [2.24, 2.45) is 0 Å². The van der Waals surface area contributed by atoms with Crippen molar-refractivity contribution in [2.75, 3.05) is 0 Å². The van der Waals surface area contributed by atoms with Gasteiger partial charge in [0.05, 0.1) is 44.1 Å². The Kier molecular flexibility index (Phi) is 10.0. The summed E-state index contributed by atoms with van der Waals surface area (Å²) in [4.78, 5) is 0. The smallest absolute Gasteiger partial charge is 0.0641 e. The lowest BCUT2D eigenvalue weighted by atomic mass is 10.1. The summed E-state index contributed by atoms with van der Waals surface area (Å²) in [7, 11) is 0. The number of nitrogens with zero attached hydrogens (tertiary/aromatic N) is 4. The molecule has 0 N–H and O–H groups in total. The van der Waals surface area contributed by atoms with Crippen molar-refractivity contribution in [3.8, 4) is 22.7 Å². The Balaban J connectivity index is 0.000000136. The van der Waals surface area contributed by atoms with Crippen molar-refractivity contribution in [3.05, 3.63) is 242 Å². The van der Waals surface area contributed by atoms with Gasteiger partial charge in [-0.3, -0.25) is 0 Å². The van der Waals surface area contributed by atoms with E-state index in [4.69, 9.17) is 0 Å². The van der Waals surface area contributed by atoms with E-state index < -0.39 is 0 Å². The number of aryl methyl sites for hydroxylation is 2. The van der Waals surface area contributed by atoms with Crippen LogP contribution in [0.4, 0.5) is 0 Å². The maximum Gasteiger partial charge on any atom is 0.0641 e. The molecule has 0 atom stereocenters. The molecule has 10 aromatic carbocycles. The second-order valence-corrected chi connectivity index (χ2v) is 17.5. The Hall–Kier alpha value is -8.60. The molecule has 4 aromatic heterocycles. The highest BCUT2D eigenvalue weighted by Gasteiger charge is 2.22. The standard InChI is InChI=1S/2C31H22N2.C2H6/c2*1-21-15-17-23(18-16-21)32-28-14-8-6-12-26(28)30-29(32)20-19-25-24-11-5-7-13-27(24)33(31(25)30)22-9-3-2-4-10-22;1-2/h2*2-20H,1H3;1-2H3. The number of fused-ring (bicyclic) bond motifs is 14. The van der Waals surface area contributed by atoms with Crippen molar-refractivity contribution in [2.45, 2.75) is 27.7 Å². The van der Waals surface area contributed by atoms with Crippen LogP contribution in [-0.2, 0) is 0 Å². The van der Waals surface area contributed by atoms with Crippen LogP contribution >= 0.6 is 0 Å². The molecule has 0 amide bonds. The zero-order valence-corrected chi connectivity index (χ0v) is 38.7. The maximum atomic E-state index is 2.43. The van der Waals surface area contributed by atoms with E-state index in [2.05, 4.69) is 263 Å². The molecule has 4 heterocycles. The van der Waals surface area contributed by atoms with Crippen LogP contribution in [0.3, 0.4) is 0 Å².